The van der Waals surface area contributed by atoms with E-state index < -0.39 is 0 Å². The summed E-state index contributed by atoms with van der Waals surface area (Å²) in [6.07, 6.45) is 3.43. The Kier molecular flexibility index (Phi) is 2.31. The molecule has 1 aliphatic carbocycles. The molecule has 1 aromatic rings. The maximum absolute atomic E-state index is 13.1. The first-order valence-corrected chi connectivity index (χ1v) is 5.15. The Morgan fingerprint density at radius 3 is 2.64 bits per heavy atom. The van der Waals surface area contributed by atoms with Gasteiger partial charge in [0.1, 0.15) is 5.82 Å². The molecule has 0 saturated heterocycles. The van der Waals surface area contributed by atoms with Crippen LogP contribution in [0.25, 0.3) is 0 Å². The largest absolute Gasteiger partial charge is 0.330 e. The fraction of sp³-hybridized carbons (Fsp3) is 0.500. The fourth-order valence-electron chi connectivity index (χ4n) is 2.35. The van der Waals surface area contributed by atoms with Gasteiger partial charge in [-0.2, -0.15) is 0 Å². The molecule has 0 unspecified atom stereocenters. The van der Waals surface area contributed by atoms with Crippen LogP contribution in [0.5, 0.6) is 0 Å². The van der Waals surface area contributed by atoms with E-state index in [0.717, 1.165) is 24.0 Å². The molecule has 0 heterocycles. The summed E-state index contributed by atoms with van der Waals surface area (Å²) in [6, 6.07) is 5.02. The molecule has 1 saturated carbocycles. The van der Waals surface area contributed by atoms with Crippen LogP contribution in [0.3, 0.4) is 0 Å². The Morgan fingerprint density at radius 2 is 2.14 bits per heavy atom. The number of benzene rings is 1. The smallest absolute Gasteiger partial charge is 0.123 e. The Hall–Kier alpha value is -0.890. The van der Waals surface area contributed by atoms with Crippen LogP contribution in [-0.2, 0) is 5.41 Å². The van der Waals surface area contributed by atoms with Gasteiger partial charge in [-0.3, -0.25) is 0 Å². The van der Waals surface area contributed by atoms with E-state index in [-0.39, 0.29) is 11.2 Å². The standard InChI is InChI=1S/C12H16FN/c1-9-3-4-10(13)7-11(9)12(8-14)5-2-6-12/h3-4,7H,2,5-6,8,14H2,1H3. The summed E-state index contributed by atoms with van der Waals surface area (Å²) in [7, 11) is 0. The fourth-order valence-corrected chi connectivity index (χ4v) is 2.35. The molecule has 1 aliphatic rings. The predicted molar refractivity (Wildman–Crippen MR) is 55.7 cm³/mol. The van der Waals surface area contributed by atoms with Crippen molar-refractivity contribution in [1.82, 2.24) is 0 Å². The second-order valence-corrected chi connectivity index (χ2v) is 4.30. The number of rotatable bonds is 2. The minimum absolute atomic E-state index is 0.0756. The second kappa shape index (κ2) is 3.35. The average molecular weight is 193 g/mol. The van der Waals surface area contributed by atoms with Gasteiger partial charge in [0.2, 0.25) is 0 Å². The molecule has 0 amide bonds. The number of halogens is 1. The first kappa shape index (κ1) is 9.66. The van der Waals surface area contributed by atoms with Gasteiger partial charge in [-0.25, -0.2) is 4.39 Å². The van der Waals surface area contributed by atoms with Crippen molar-refractivity contribution < 1.29 is 4.39 Å². The van der Waals surface area contributed by atoms with Gasteiger partial charge in [0.05, 0.1) is 0 Å². The van der Waals surface area contributed by atoms with Gasteiger partial charge in [-0.1, -0.05) is 12.5 Å². The van der Waals surface area contributed by atoms with Gasteiger partial charge in [-0.05, 0) is 43.0 Å². The second-order valence-electron chi connectivity index (χ2n) is 4.30. The minimum atomic E-state index is -0.148. The number of aryl methyl sites for hydroxylation is 1. The molecule has 0 radical (unpaired) electrons. The normalized spacial score (nSPS) is 19.1. The van der Waals surface area contributed by atoms with E-state index in [9.17, 15) is 4.39 Å². The minimum Gasteiger partial charge on any atom is -0.330 e. The van der Waals surface area contributed by atoms with E-state index >= 15 is 0 Å². The third kappa shape index (κ3) is 1.34. The summed E-state index contributed by atoms with van der Waals surface area (Å²) in [6.45, 7) is 2.67. The van der Waals surface area contributed by atoms with Gasteiger partial charge in [0.25, 0.3) is 0 Å². The highest BCUT2D eigenvalue weighted by Crippen LogP contribution is 2.44. The molecular formula is C12H16FN. The lowest BCUT2D eigenvalue weighted by atomic mass is 9.63. The molecule has 0 aliphatic heterocycles. The van der Waals surface area contributed by atoms with Crippen LogP contribution < -0.4 is 5.73 Å². The molecule has 2 heteroatoms. The van der Waals surface area contributed by atoms with Crippen molar-refractivity contribution in [2.45, 2.75) is 31.6 Å². The van der Waals surface area contributed by atoms with E-state index in [1.165, 1.54) is 12.5 Å². The summed E-state index contributed by atoms with van der Waals surface area (Å²) in [5, 5.41) is 0. The van der Waals surface area contributed by atoms with E-state index in [2.05, 4.69) is 0 Å². The van der Waals surface area contributed by atoms with Crippen molar-refractivity contribution in [3.8, 4) is 0 Å². The highest BCUT2D eigenvalue weighted by atomic mass is 19.1. The van der Waals surface area contributed by atoms with Crippen molar-refractivity contribution >= 4 is 0 Å². The summed E-state index contributed by atoms with van der Waals surface area (Å²) < 4.78 is 13.1. The maximum atomic E-state index is 13.1. The van der Waals surface area contributed by atoms with Crippen molar-refractivity contribution in [3.05, 3.63) is 35.1 Å². The Balaban J connectivity index is 2.43. The number of hydrogen-bond acceptors (Lipinski definition) is 1. The molecule has 2 N–H and O–H groups in total. The molecule has 0 spiro atoms. The molecule has 76 valence electrons. The Morgan fingerprint density at radius 1 is 1.43 bits per heavy atom. The van der Waals surface area contributed by atoms with Gasteiger partial charge < -0.3 is 5.73 Å². The van der Waals surface area contributed by atoms with Crippen LogP contribution in [0.2, 0.25) is 0 Å². The van der Waals surface area contributed by atoms with Crippen LogP contribution in [0, 0.1) is 12.7 Å². The maximum Gasteiger partial charge on any atom is 0.123 e. The van der Waals surface area contributed by atoms with Crippen molar-refractivity contribution in [2.24, 2.45) is 5.73 Å². The van der Waals surface area contributed by atoms with Gasteiger partial charge >= 0.3 is 0 Å². The van der Waals surface area contributed by atoms with Crippen molar-refractivity contribution in [2.75, 3.05) is 6.54 Å². The predicted octanol–water partition coefficient (Wildman–Crippen LogP) is 2.51. The molecule has 14 heavy (non-hydrogen) atoms. The molecule has 1 aromatic carbocycles. The van der Waals surface area contributed by atoms with Crippen LogP contribution >= 0.6 is 0 Å². The van der Waals surface area contributed by atoms with Gasteiger partial charge in [-0.15, -0.1) is 0 Å². The van der Waals surface area contributed by atoms with E-state index in [1.807, 2.05) is 13.0 Å². The van der Waals surface area contributed by atoms with Gasteiger partial charge in [0, 0.05) is 12.0 Å². The summed E-state index contributed by atoms with van der Waals surface area (Å²) in [5.74, 6) is -0.148. The summed E-state index contributed by atoms with van der Waals surface area (Å²) in [4.78, 5) is 0. The van der Waals surface area contributed by atoms with Gasteiger partial charge in [0.15, 0.2) is 0 Å². The summed E-state index contributed by atoms with van der Waals surface area (Å²) >= 11 is 0. The number of nitrogens with two attached hydrogens (primary N) is 1. The van der Waals surface area contributed by atoms with E-state index in [4.69, 9.17) is 5.73 Å². The van der Waals surface area contributed by atoms with Crippen LogP contribution in [0.4, 0.5) is 4.39 Å². The SMILES string of the molecule is Cc1ccc(F)cc1C1(CN)CCC1. The molecule has 1 fully saturated rings. The van der Waals surface area contributed by atoms with Crippen LogP contribution in [-0.4, -0.2) is 6.54 Å². The molecule has 0 atom stereocenters. The number of hydrogen-bond donors (Lipinski definition) is 1. The Bertz CT molecular complexity index is 337. The first-order valence-electron chi connectivity index (χ1n) is 5.15. The van der Waals surface area contributed by atoms with Crippen LogP contribution in [0.1, 0.15) is 30.4 Å². The first-order chi connectivity index (χ1) is 6.68. The highest BCUT2D eigenvalue weighted by molar-refractivity contribution is 5.36. The molecule has 0 aromatic heterocycles. The van der Waals surface area contributed by atoms with E-state index in [1.54, 1.807) is 6.07 Å². The zero-order valence-corrected chi connectivity index (χ0v) is 8.52. The lowest BCUT2D eigenvalue weighted by Gasteiger charge is -2.42. The third-order valence-corrected chi connectivity index (χ3v) is 3.47. The van der Waals surface area contributed by atoms with Crippen molar-refractivity contribution in [1.29, 1.82) is 0 Å². The third-order valence-electron chi connectivity index (χ3n) is 3.47. The topological polar surface area (TPSA) is 26.0 Å². The zero-order valence-electron chi connectivity index (χ0n) is 8.52. The molecule has 0 bridgehead atoms. The highest BCUT2D eigenvalue weighted by Gasteiger charge is 2.38. The quantitative estimate of drug-likeness (QED) is 0.767. The lowest BCUT2D eigenvalue weighted by molar-refractivity contribution is 0.251. The lowest BCUT2D eigenvalue weighted by Crippen LogP contribution is -2.42. The zero-order chi connectivity index (χ0) is 10.2. The summed E-state index contributed by atoms with van der Waals surface area (Å²) in [5.41, 5.74) is 8.15. The Labute approximate surface area is 84.1 Å². The van der Waals surface area contributed by atoms with E-state index in [0.29, 0.717) is 6.54 Å². The average Bonchev–Trinajstić information content (AvgIpc) is 2.10. The molecule has 2 rings (SSSR count). The van der Waals surface area contributed by atoms with Crippen LogP contribution in [0.15, 0.2) is 18.2 Å². The monoisotopic (exact) mass is 193 g/mol. The molecule has 1 nitrogen and oxygen atoms in total. The van der Waals surface area contributed by atoms with Crippen molar-refractivity contribution in [3.63, 3.8) is 0 Å². The molecular weight excluding hydrogens is 177 g/mol.